The van der Waals surface area contributed by atoms with Gasteiger partial charge in [0.15, 0.2) is 0 Å². The predicted molar refractivity (Wildman–Crippen MR) is 108 cm³/mol. The summed E-state index contributed by atoms with van der Waals surface area (Å²) < 4.78 is 26.8. The maximum atomic E-state index is 13.4. The Morgan fingerprint density at radius 1 is 0.815 bits per heavy atom. The van der Waals surface area contributed by atoms with Crippen molar-refractivity contribution in [2.24, 2.45) is 5.92 Å². The van der Waals surface area contributed by atoms with Gasteiger partial charge in [-0.15, -0.1) is 0 Å². The van der Waals surface area contributed by atoms with Crippen LogP contribution < -0.4 is 0 Å². The maximum Gasteiger partial charge on any atom is 0.123 e. The first-order valence-electron chi connectivity index (χ1n) is 10.4. The lowest BCUT2D eigenvalue weighted by Crippen LogP contribution is -2.37. The molecule has 1 fully saturated rings. The molecule has 1 saturated heterocycles. The van der Waals surface area contributed by atoms with Crippen LogP contribution in [-0.4, -0.2) is 18.0 Å². The second kappa shape index (κ2) is 9.98. The van der Waals surface area contributed by atoms with Crippen molar-refractivity contribution in [2.45, 2.75) is 57.9 Å². The molecule has 0 bridgehead atoms. The van der Waals surface area contributed by atoms with Gasteiger partial charge in [-0.25, -0.2) is 8.78 Å². The third kappa shape index (κ3) is 5.62. The highest BCUT2D eigenvalue weighted by Gasteiger charge is 2.27. The van der Waals surface area contributed by atoms with Crippen LogP contribution >= 0.6 is 0 Å². The number of hydrogen-bond acceptors (Lipinski definition) is 1. The van der Waals surface area contributed by atoms with Crippen LogP contribution in [0.5, 0.6) is 0 Å². The van der Waals surface area contributed by atoms with Crippen molar-refractivity contribution in [3.8, 4) is 0 Å². The minimum Gasteiger partial charge on any atom is -0.292 e. The zero-order chi connectivity index (χ0) is 19.1. The molecule has 0 atom stereocenters. The van der Waals surface area contributed by atoms with Gasteiger partial charge in [0.25, 0.3) is 0 Å². The van der Waals surface area contributed by atoms with Gasteiger partial charge in [0.1, 0.15) is 11.6 Å². The predicted octanol–water partition coefficient (Wildman–Crippen LogP) is 6.74. The van der Waals surface area contributed by atoms with Crippen LogP contribution in [0.1, 0.15) is 69.0 Å². The van der Waals surface area contributed by atoms with Crippen LogP contribution in [0.3, 0.4) is 0 Å². The first-order valence-corrected chi connectivity index (χ1v) is 10.4. The SMILES string of the molecule is CCCCCCC1CCN(C(c2ccc(F)cc2)c2ccc(F)cc2)CC1. The number of halogens is 2. The van der Waals surface area contributed by atoms with Gasteiger partial charge in [0.05, 0.1) is 6.04 Å². The lowest BCUT2D eigenvalue weighted by molar-refractivity contribution is 0.145. The summed E-state index contributed by atoms with van der Waals surface area (Å²) in [5.41, 5.74) is 2.15. The van der Waals surface area contributed by atoms with Crippen LogP contribution in [0.25, 0.3) is 0 Å². The molecule has 0 saturated carbocycles. The van der Waals surface area contributed by atoms with Crippen LogP contribution in [0.15, 0.2) is 48.5 Å². The summed E-state index contributed by atoms with van der Waals surface area (Å²) in [7, 11) is 0. The first kappa shape index (κ1) is 20.0. The van der Waals surface area contributed by atoms with Crippen molar-refractivity contribution in [1.29, 1.82) is 0 Å². The molecule has 0 N–H and O–H groups in total. The highest BCUT2D eigenvalue weighted by molar-refractivity contribution is 5.32. The summed E-state index contributed by atoms with van der Waals surface area (Å²) in [6, 6.07) is 13.6. The molecule has 1 nitrogen and oxygen atoms in total. The van der Waals surface area contributed by atoms with Crippen molar-refractivity contribution < 1.29 is 8.78 Å². The highest BCUT2D eigenvalue weighted by Crippen LogP contribution is 2.34. The van der Waals surface area contributed by atoms with Gasteiger partial charge in [-0.05, 0) is 67.2 Å². The minimum atomic E-state index is -0.220. The summed E-state index contributed by atoms with van der Waals surface area (Å²) >= 11 is 0. The molecule has 0 amide bonds. The average Bonchev–Trinajstić information content (AvgIpc) is 2.69. The molecule has 0 unspecified atom stereocenters. The molecule has 2 aromatic rings. The van der Waals surface area contributed by atoms with Gasteiger partial charge in [-0.2, -0.15) is 0 Å². The molecule has 1 aliphatic heterocycles. The summed E-state index contributed by atoms with van der Waals surface area (Å²) in [5, 5.41) is 0. The van der Waals surface area contributed by atoms with E-state index >= 15 is 0 Å². The number of piperidine rings is 1. The summed E-state index contributed by atoms with van der Waals surface area (Å²) in [6.07, 6.45) is 9.09. The Morgan fingerprint density at radius 3 is 1.81 bits per heavy atom. The number of unbranched alkanes of at least 4 members (excludes halogenated alkanes) is 3. The molecular formula is C24H31F2N. The van der Waals surface area contributed by atoms with Crippen LogP contribution in [-0.2, 0) is 0 Å². The standard InChI is InChI=1S/C24H31F2N/c1-2-3-4-5-6-19-15-17-27(18-16-19)24(20-7-11-22(25)12-8-20)21-9-13-23(26)14-10-21/h7-14,19,24H,2-6,15-18H2,1H3. The molecule has 1 aliphatic rings. The van der Waals surface area contributed by atoms with Gasteiger partial charge < -0.3 is 0 Å². The molecule has 0 radical (unpaired) electrons. The molecule has 2 aromatic carbocycles. The molecule has 3 rings (SSSR count). The van der Waals surface area contributed by atoms with Crippen molar-refractivity contribution in [2.75, 3.05) is 13.1 Å². The second-order valence-electron chi connectivity index (χ2n) is 7.83. The molecule has 3 heteroatoms. The van der Waals surface area contributed by atoms with Crippen LogP contribution in [0, 0.1) is 17.6 Å². The molecular weight excluding hydrogens is 340 g/mol. The van der Waals surface area contributed by atoms with E-state index < -0.39 is 0 Å². The Bertz CT molecular complexity index is 627. The molecule has 0 aliphatic carbocycles. The summed E-state index contributed by atoms with van der Waals surface area (Å²) in [4.78, 5) is 2.48. The Morgan fingerprint density at radius 2 is 1.33 bits per heavy atom. The number of benzene rings is 2. The van der Waals surface area contributed by atoms with Crippen LogP contribution in [0.2, 0.25) is 0 Å². The Hall–Kier alpha value is -1.74. The van der Waals surface area contributed by atoms with E-state index in [4.69, 9.17) is 0 Å². The Kier molecular flexibility index (Phi) is 7.40. The second-order valence-corrected chi connectivity index (χ2v) is 7.83. The number of likely N-dealkylation sites (tertiary alicyclic amines) is 1. The van der Waals surface area contributed by atoms with Gasteiger partial charge in [0.2, 0.25) is 0 Å². The summed E-state index contributed by atoms with van der Waals surface area (Å²) in [6.45, 7) is 4.33. The van der Waals surface area contributed by atoms with E-state index in [9.17, 15) is 8.78 Å². The van der Waals surface area contributed by atoms with Crippen molar-refractivity contribution >= 4 is 0 Å². The quantitative estimate of drug-likeness (QED) is 0.465. The first-order chi connectivity index (χ1) is 13.2. The number of hydrogen-bond donors (Lipinski definition) is 0. The maximum absolute atomic E-state index is 13.4. The van der Waals surface area contributed by atoms with E-state index in [0.29, 0.717) is 0 Å². The van der Waals surface area contributed by atoms with Crippen molar-refractivity contribution in [3.05, 3.63) is 71.3 Å². The van der Waals surface area contributed by atoms with Gasteiger partial charge in [0, 0.05) is 0 Å². The zero-order valence-electron chi connectivity index (χ0n) is 16.3. The van der Waals surface area contributed by atoms with E-state index in [-0.39, 0.29) is 17.7 Å². The fraction of sp³-hybridized carbons (Fsp3) is 0.500. The highest BCUT2D eigenvalue weighted by atomic mass is 19.1. The van der Waals surface area contributed by atoms with E-state index in [1.807, 2.05) is 24.3 Å². The van der Waals surface area contributed by atoms with Crippen LogP contribution in [0.4, 0.5) is 8.78 Å². The van der Waals surface area contributed by atoms with E-state index in [0.717, 1.165) is 30.1 Å². The normalized spacial score (nSPS) is 16.1. The molecule has 0 aromatic heterocycles. The molecule has 1 heterocycles. The number of nitrogens with zero attached hydrogens (tertiary/aromatic N) is 1. The average molecular weight is 372 g/mol. The zero-order valence-corrected chi connectivity index (χ0v) is 16.3. The van der Waals surface area contributed by atoms with Crippen molar-refractivity contribution in [1.82, 2.24) is 4.90 Å². The fourth-order valence-corrected chi connectivity index (χ4v) is 4.26. The summed E-state index contributed by atoms with van der Waals surface area (Å²) in [5.74, 6) is 0.380. The fourth-order valence-electron chi connectivity index (χ4n) is 4.26. The monoisotopic (exact) mass is 371 g/mol. The smallest absolute Gasteiger partial charge is 0.123 e. The molecule has 0 spiro atoms. The lowest BCUT2D eigenvalue weighted by atomic mass is 9.88. The minimum absolute atomic E-state index is 0.0623. The molecule has 27 heavy (non-hydrogen) atoms. The Balaban J connectivity index is 1.69. The van der Waals surface area contributed by atoms with E-state index in [1.54, 1.807) is 0 Å². The third-order valence-corrected chi connectivity index (χ3v) is 5.85. The lowest BCUT2D eigenvalue weighted by Gasteiger charge is -2.38. The number of rotatable bonds is 8. The van der Waals surface area contributed by atoms with Gasteiger partial charge in [-0.3, -0.25) is 4.90 Å². The third-order valence-electron chi connectivity index (χ3n) is 5.85. The van der Waals surface area contributed by atoms with E-state index in [2.05, 4.69) is 11.8 Å². The largest absolute Gasteiger partial charge is 0.292 e. The molecule has 146 valence electrons. The topological polar surface area (TPSA) is 3.24 Å². The van der Waals surface area contributed by atoms with E-state index in [1.165, 1.54) is 69.2 Å². The Labute approximate surface area is 162 Å². The van der Waals surface area contributed by atoms with Gasteiger partial charge in [-0.1, -0.05) is 63.3 Å². The van der Waals surface area contributed by atoms with Crippen molar-refractivity contribution in [3.63, 3.8) is 0 Å². The van der Waals surface area contributed by atoms with Gasteiger partial charge >= 0.3 is 0 Å².